The van der Waals surface area contributed by atoms with E-state index in [1.165, 1.54) is 29.6 Å². The number of ether oxygens (including phenoxy) is 1. The number of hydrogen-bond acceptors (Lipinski definition) is 5. The van der Waals surface area contributed by atoms with Gasteiger partial charge in [-0.2, -0.15) is 0 Å². The number of carbonyl (C=O) groups is 1. The molecule has 0 radical (unpaired) electrons. The van der Waals surface area contributed by atoms with Crippen molar-refractivity contribution in [1.29, 1.82) is 0 Å². The number of rotatable bonds is 5. The van der Waals surface area contributed by atoms with Crippen LogP contribution >= 0.6 is 27.3 Å². The molecule has 0 aliphatic carbocycles. The maximum Gasteiger partial charge on any atom is 0.349 e. The molecule has 1 aromatic carbocycles. The average molecular weight is 394 g/mol. The predicted molar refractivity (Wildman–Crippen MR) is 93.8 cm³/mol. The number of aryl methyl sites for hydroxylation is 1. The fourth-order valence-corrected chi connectivity index (χ4v) is 3.71. The Morgan fingerprint density at radius 1 is 1.43 bits per heavy atom. The number of methoxy groups -OCH3 is 1. The van der Waals surface area contributed by atoms with Crippen molar-refractivity contribution in [3.63, 3.8) is 0 Å². The number of benzene rings is 1. The van der Waals surface area contributed by atoms with Crippen molar-refractivity contribution in [2.45, 2.75) is 20.0 Å². The van der Waals surface area contributed by atoms with Gasteiger partial charge in [-0.1, -0.05) is 33.3 Å². The lowest BCUT2D eigenvalue weighted by Crippen LogP contribution is -2.14. The number of nitrogens with one attached hydrogen (secondary N) is 1. The summed E-state index contributed by atoms with van der Waals surface area (Å²) in [6.45, 7) is 3.55. The minimum atomic E-state index is -0.329. The molecule has 0 fully saturated rings. The third kappa shape index (κ3) is 3.46. The molecule has 0 saturated heterocycles. The molecule has 0 aliphatic heterocycles. The second kappa shape index (κ2) is 6.82. The number of nitrogens with zero attached hydrogens (tertiary/aromatic N) is 2. The van der Waals surface area contributed by atoms with Crippen molar-refractivity contribution in [1.82, 2.24) is 14.7 Å². The van der Waals surface area contributed by atoms with E-state index in [2.05, 4.69) is 45.3 Å². The van der Waals surface area contributed by atoms with Crippen molar-refractivity contribution in [3.05, 3.63) is 56.8 Å². The maximum atomic E-state index is 11.6. The van der Waals surface area contributed by atoms with Gasteiger partial charge in [0.25, 0.3) is 0 Å². The van der Waals surface area contributed by atoms with Crippen LogP contribution in [0.5, 0.6) is 0 Å². The van der Waals surface area contributed by atoms with Gasteiger partial charge in [0.05, 0.1) is 19.0 Å². The summed E-state index contributed by atoms with van der Waals surface area (Å²) >= 11 is 4.80. The van der Waals surface area contributed by atoms with Crippen LogP contribution in [0.1, 0.15) is 26.5 Å². The van der Waals surface area contributed by atoms with Gasteiger partial charge in [0.15, 0.2) is 4.96 Å². The number of hydrogen-bond donors (Lipinski definition) is 1. The Hall–Kier alpha value is -1.70. The van der Waals surface area contributed by atoms with Crippen LogP contribution in [-0.4, -0.2) is 22.5 Å². The zero-order valence-corrected chi connectivity index (χ0v) is 15.2. The van der Waals surface area contributed by atoms with E-state index >= 15 is 0 Å². The molecule has 23 heavy (non-hydrogen) atoms. The van der Waals surface area contributed by atoms with Crippen LogP contribution in [-0.2, 0) is 17.8 Å². The van der Waals surface area contributed by atoms with E-state index in [1.54, 1.807) is 6.20 Å². The Bertz CT molecular complexity index is 856. The fraction of sp³-hybridized carbons (Fsp3) is 0.250. The highest BCUT2D eigenvalue weighted by Crippen LogP contribution is 2.20. The molecule has 5 nitrogen and oxygen atoms in total. The van der Waals surface area contributed by atoms with E-state index in [0.717, 1.165) is 21.7 Å². The van der Waals surface area contributed by atoms with Crippen molar-refractivity contribution < 1.29 is 9.53 Å². The lowest BCUT2D eigenvalue weighted by molar-refractivity contribution is 0.0606. The molecule has 1 N–H and O–H groups in total. The molecule has 0 unspecified atom stereocenters. The van der Waals surface area contributed by atoms with E-state index in [9.17, 15) is 4.79 Å². The first-order chi connectivity index (χ1) is 11.1. The fourth-order valence-electron chi connectivity index (χ4n) is 2.34. The van der Waals surface area contributed by atoms with Crippen LogP contribution in [0.2, 0.25) is 0 Å². The molecule has 0 amide bonds. The van der Waals surface area contributed by atoms with E-state index < -0.39 is 0 Å². The number of halogens is 1. The number of aromatic nitrogens is 2. The van der Waals surface area contributed by atoms with Gasteiger partial charge in [-0.25, -0.2) is 9.78 Å². The van der Waals surface area contributed by atoms with Gasteiger partial charge in [-0.15, -0.1) is 0 Å². The van der Waals surface area contributed by atoms with Gasteiger partial charge >= 0.3 is 5.97 Å². The SMILES string of the molecule is COC(=O)c1cn2c(CNCc3ccc(Br)cc3C)cnc2s1. The number of imidazole rings is 1. The molecule has 0 spiro atoms. The standard InChI is InChI=1S/C16H16BrN3O2S/c1-10-5-12(17)4-3-11(10)6-18-7-13-8-19-16-20(13)9-14(23-16)15(21)22-2/h3-5,8-9,18H,6-7H2,1-2H3. The summed E-state index contributed by atoms with van der Waals surface area (Å²) in [5, 5.41) is 3.42. The van der Waals surface area contributed by atoms with Gasteiger partial charge in [-0.3, -0.25) is 4.40 Å². The highest BCUT2D eigenvalue weighted by Gasteiger charge is 2.13. The maximum absolute atomic E-state index is 11.6. The van der Waals surface area contributed by atoms with Crippen molar-refractivity contribution >= 4 is 38.2 Å². The third-order valence-electron chi connectivity index (χ3n) is 3.60. The Kier molecular flexibility index (Phi) is 4.79. The van der Waals surface area contributed by atoms with Gasteiger partial charge in [-0.05, 0) is 30.2 Å². The topological polar surface area (TPSA) is 55.6 Å². The number of carbonyl (C=O) groups excluding carboxylic acids is 1. The molecule has 3 aromatic rings. The van der Waals surface area contributed by atoms with Crippen LogP contribution in [0, 0.1) is 6.92 Å². The molecule has 0 saturated carbocycles. The molecule has 2 aromatic heterocycles. The molecule has 120 valence electrons. The van der Waals surface area contributed by atoms with Crippen LogP contribution in [0.15, 0.2) is 35.1 Å². The van der Waals surface area contributed by atoms with Crippen molar-refractivity contribution in [2.24, 2.45) is 0 Å². The Balaban J connectivity index is 1.69. The smallest absolute Gasteiger partial charge is 0.349 e. The second-order valence-electron chi connectivity index (χ2n) is 5.16. The van der Waals surface area contributed by atoms with Gasteiger partial charge in [0.2, 0.25) is 0 Å². The lowest BCUT2D eigenvalue weighted by atomic mass is 10.1. The first-order valence-electron chi connectivity index (χ1n) is 7.08. The van der Waals surface area contributed by atoms with E-state index in [0.29, 0.717) is 11.4 Å². The summed E-state index contributed by atoms with van der Waals surface area (Å²) in [6, 6.07) is 6.26. The lowest BCUT2D eigenvalue weighted by Gasteiger charge is -2.08. The van der Waals surface area contributed by atoms with Gasteiger partial charge in [0, 0.05) is 23.8 Å². The molecule has 2 heterocycles. The summed E-state index contributed by atoms with van der Waals surface area (Å²) in [5.41, 5.74) is 3.52. The molecular weight excluding hydrogens is 378 g/mol. The number of esters is 1. The zero-order chi connectivity index (χ0) is 16.4. The van der Waals surface area contributed by atoms with Crippen molar-refractivity contribution in [3.8, 4) is 0 Å². The first kappa shape index (κ1) is 16.2. The summed E-state index contributed by atoms with van der Waals surface area (Å²) in [7, 11) is 1.38. The predicted octanol–water partition coefficient (Wildman–Crippen LogP) is 3.54. The Labute approximate surface area is 146 Å². The zero-order valence-electron chi connectivity index (χ0n) is 12.8. The average Bonchev–Trinajstić information content (AvgIpc) is 3.10. The molecule has 7 heteroatoms. The Morgan fingerprint density at radius 2 is 2.26 bits per heavy atom. The van der Waals surface area contributed by atoms with Gasteiger partial charge in [0.1, 0.15) is 4.88 Å². The van der Waals surface area contributed by atoms with Gasteiger partial charge < -0.3 is 10.1 Å². The highest BCUT2D eigenvalue weighted by molar-refractivity contribution is 9.10. The first-order valence-corrected chi connectivity index (χ1v) is 8.69. The molecule has 3 rings (SSSR count). The monoisotopic (exact) mass is 393 g/mol. The van der Waals surface area contributed by atoms with Crippen LogP contribution in [0.3, 0.4) is 0 Å². The van der Waals surface area contributed by atoms with Crippen LogP contribution in [0.25, 0.3) is 4.96 Å². The molecular formula is C16H16BrN3O2S. The third-order valence-corrected chi connectivity index (χ3v) is 5.07. The molecule has 0 atom stereocenters. The van der Waals surface area contributed by atoms with Crippen molar-refractivity contribution in [2.75, 3.05) is 7.11 Å². The largest absolute Gasteiger partial charge is 0.465 e. The summed E-state index contributed by atoms with van der Waals surface area (Å²) in [4.78, 5) is 17.3. The quantitative estimate of drug-likeness (QED) is 0.673. The van der Waals surface area contributed by atoms with E-state index in [4.69, 9.17) is 4.74 Å². The minimum Gasteiger partial charge on any atom is -0.465 e. The Morgan fingerprint density at radius 3 is 3.00 bits per heavy atom. The normalized spacial score (nSPS) is 11.1. The molecule has 0 bridgehead atoms. The number of fused-ring (bicyclic) bond motifs is 1. The summed E-state index contributed by atoms with van der Waals surface area (Å²) in [5.74, 6) is -0.329. The second-order valence-corrected chi connectivity index (χ2v) is 7.09. The number of thiazole rings is 1. The van der Waals surface area contributed by atoms with E-state index in [1.807, 2.05) is 16.7 Å². The highest BCUT2D eigenvalue weighted by atomic mass is 79.9. The van der Waals surface area contributed by atoms with Crippen LogP contribution in [0.4, 0.5) is 0 Å². The minimum absolute atomic E-state index is 0.329. The van der Waals surface area contributed by atoms with E-state index in [-0.39, 0.29) is 5.97 Å². The van der Waals surface area contributed by atoms with Crippen LogP contribution < -0.4 is 5.32 Å². The molecule has 0 aliphatic rings. The summed E-state index contributed by atoms with van der Waals surface area (Å²) in [6.07, 6.45) is 3.61. The summed E-state index contributed by atoms with van der Waals surface area (Å²) < 4.78 is 7.76.